The van der Waals surface area contributed by atoms with Gasteiger partial charge >= 0.3 is 0 Å². The maximum atomic E-state index is 11.2. The summed E-state index contributed by atoms with van der Waals surface area (Å²) in [4.78, 5) is 11.3. The molecule has 0 heterocycles. The molecule has 15 heavy (non-hydrogen) atoms. The lowest BCUT2D eigenvalue weighted by Crippen LogP contribution is -2.12. The van der Waals surface area contributed by atoms with Crippen LogP contribution in [0.3, 0.4) is 0 Å². The molecule has 0 saturated carbocycles. The Morgan fingerprint density at radius 1 is 1.53 bits per heavy atom. The van der Waals surface area contributed by atoms with E-state index in [1.807, 2.05) is 0 Å². The van der Waals surface area contributed by atoms with Gasteiger partial charge in [-0.25, -0.2) is 0 Å². The highest BCUT2D eigenvalue weighted by atomic mass is 32.2. The topological polar surface area (TPSA) is 69.2 Å². The van der Waals surface area contributed by atoms with Crippen LogP contribution in [0, 0.1) is 6.92 Å². The Hall–Kier alpha value is -1.20. The molecule has 0 saturated heterocycles. The summed E-state index contributed by atoms with van der Waals surface area (Å²) < 4.78 is 21.8. The van der Waals surface area contributed by atoms with Crippen molar-refractivity contribution in [1.82, 2.24) is 0 Å². The minimum Gasteiger partial charge on any atom is -0.768 e. The number of nitrogens with one attached hydrogen (secondary N) is 1. The van der Waals surface area contributed by atoms with Gasteiger partial charge in [0.1, 0.15) is 0 Å². The van der Waals surface area contributed by atoms with Crippen molar-refractivity contribution in [3.63, 3.8) is 0 Å². The number of hydrogen-bond donors (Lipinski definition) is 1. The number of carbonyl (C=O) groups is 1. The van der Waals surface area contributed by atoms with Gasteiger partial charge in [0.2, 0.25) is 5.91 Å². The third-order valence-corrected chi connectivity index (χ3v) is 2.70. The summed E-state index contributed by atoms with van der Waals surface area (Å²) in [5, 5.41) is 2.58. The molecule has 0 aliphatic carbocycles. The molecule has 1 aromatic carbocycles. The van der Waals surface area contributed by atoms with Crippen LogP contribution in [0.1, 0.15) is 18.9 Å². The van der Waals surface area contributed by atoms with E-state index in [4.69, 9.17) is 0 Å². The van der Waals surface area contributed by atoms with E-state index in [2.05, 4.69) is 5.32 Å². The maximum absolute atomic E-state index is 11.2. The smallest absolute Gasteiger partial charge is 0.224 e. The highest BCUT2D eigenvalue weighted by Gasteiger charge is 2.08. The Balaban J connectivity index is 3.13. The summed E-state index contributed by atoms with van der Waals surface area (Å²) in [6, 6.07) is 4.85. The highest BCUT2D eigenvalue weighted by Crippen LogP contribution is 2.23. The van der Waals surface area contributed by atoms with Crippen molar-refractivity contribution in [2.24, 2.45) is 0 Å². The van der Waals surface area contributed by atoms with E-state index in [9.17, 15) is 13.6 Å². The van der Waals surface area contributed by atoms with E-state index in [1.165, 1.54) is 6.07 Å². The van der Waals surface area contributed by atoms with Gasteiger partial charge in [-0.2, -0.15) is 0 Å². The van der Waals surface area contributed by atoms with Crippen LogP contribution in [0.25, 0.3) is 0 Å². The molecule has 4 nitrogen and oxygen atoms in total. The molecule has 1 unspecified atom stereocenters. The molecule has 1 atom stereocenters. The van der Waals surface area contributed by atoms with Crippen molar-refractivity contribution < 1.29 is 13.6 Å². The van der Waals surface area contributed by atoms with Gasteiger partial charge in [0, 0.05) is 11.3 Å². The average Bonchev–Trinajstić information content (AvgIpc) is 2.20. The third-order valence-electron chi connectivity index (χ3n) is 2.00. The average molecular weight is 226 g/mol. The zero-order valence-corrected chi connectivity index (χ0v) is 9.39. The van der Waals surface area contributed by atoms with E-state index in [0.29, 0.717) is 12.1 Å². The number of benzene rings is 1. The van der Waals surface area contributed by atoms with Gasteiger partial charge in [0.25, 0.3) is 0 Å². The van der Waals surface area contributed by atoms with Crippen molar-refractivity contribution >= 4 is 22.7 Å². The minimum absolute atomic E-state index is 0.122. The molecule has 82 valence electrons. The number of carbonyl (C=O) groups excluding carboxylic acids is 1. The molecule has 1 rings (SSSR count). The number of amides is 1. The summed E-state index contributed by atoms with van der Waals surface area (Å²) in [7, 11) is 0. The Morgan fingerprint density at radius 2 is 2.20 bits per heavy atom. The van der Waals surface area contributed by atoms with Crippen LogP contribution in [-0.2, 0) is 15.9 Å². The van der Waals surface area contributed by atoms with Gasteiger partial charge in [-0.1, -0.05) is 19.1 Å². The van der Waals surface area contributed by atoms with Gasteiger partial charge in [-0.3, -0.25) is 9.00 Å². The SMILES string of the molecule is CCC(=O)Nc1c(C)cccc1S(=O)[O-]. The molecular formula is C10H12NO3S-. The summed E-state index contributed by atoms with van der Waals surface area (Å²) in [6.45, 7) is 3.46. The van der Waals surface area contributed by atoms with Crippen LogP contribution in [0.4, 0.5) is 5.69 Å². The second-order valence-electron chi connectivity index (χ2n) is 3.08. The number of aryl methyl sites for hydroxylation is 1. The molecule has 0 aliphatic heterocycles. The molecular weight excluding hydrogens is 214 g/mol. The van der Waals surface area contributed by atoms with Crippen molar-refractivity contribution in [3.05, 3.63) is 23.8 Å². The lowest BCUT2D eigenvalue weighted by Gasteiger charge is -2.14. The standard InChI is InChI=1S/C10H13NO3S/c1-3-9(12)11-10-7(2)5-4-6-8(10)15(13)14/h4-6H,3H2,1-2H3,(H,11,12)(H,13,14)/p-1. The fourth-order valence-electron chi connectivity index (χ4n) is 1.17. The quantitative estimate of drug-likeness (QED) is 0.795. The number of hydrogen-bond acceptors (Lipinski definition) is 3. The fourth-order valence-corrected chi connectivity index (χ4v) is 1.74. The van der Waals surface area contributed by atoms with Crippen molar-refractivity contribution in [2.45, 2.75) is 25.2 Å². The summed E-state index contributed by atoms with van der Waals surface area (Å²) in [5.74, 6) is -0.198. The molecule has 5 heteroatoms. The number of para-hydroxylation sites is 1. The van der Waals surface area contributed by atoms with Gasteiger partial charge in [-0.15, -0.1) is 0 Å². The predicted molar refractivity (Wildman–Crippen MR) is 57.3 cm³/mol. The van der Waals surface area contributed by atoms with Crippen molar-refractivity contribution in [3.8, 4) is 0 Å². The number of anilines is 1. The van der Waals surface area contributed by atoms with Gasteiger partial charge < -0.3 is 9.87 Å². The van der Waals surface area contributed by atoms with Crippen LogP contribution in [0.5, 0.6) is 0 Å². The van der Waals surface area contributed by atoms with Gasteiger partial charge in [0.15, 0.2) is 0 Å². The first kappa shape index (κ1) is 11.9. The van der Waals surface area contributed by atoms with E-state index in [1.54, 1.807) is 26.0 Å². The molecule has 0 aromatic heterocycles. The van der Waals surface area contributed by atoms with Crippen LogP contribution in [0.15, 0.2) is 23.1 Å². The molecule has 0 fully saturated rings. The molecule has 1 aromatic rings. The normalized spacial score (nSPS) is 12.2. The van der Waals surface area contributed by atoms with Gasteiger partial charge in [0.05, 0.1) is 5.69 Å². The monoisotopic (exact) mass is 226 g/mol. The maximum Gasteiger partial charge on any atom is 0.224 e. The molecule has 0 radical (unpaired) electrons. The molecule has 0 bridgehead atoms. The van der Waals surface area contributed by atoms with Crippen molar-refractivity contribution in [2.75, 3.05) is 5.32 Å². The zero-order valence-electron chi connectivity index (χ0n) is 8.57. The lowest BCUT2D eigenvalue weighted by atomic mass is 10.2. The molecule has 0 aliphatic rings. The number of rotatable bonds is 3. The van der Waals surface area contributed by atoms with Crippen LogP contribution in [-0.4, -0.2) is 14.7 Å². The molecule has 1 amide bonds. The lowest BCUT2D eigenvalue weighted by molar-refractivity contribution is -0.115. The summed E-state index contributed by atoms with van der Waals surface area (Å²) in [6.07, 6.45) is 0.319. The second-order valence-corrected chi connectivity index (χ2v) is 3.99. The van der Waals surface area contributed by atoms with E-state index in [0.717, 1.165) is 5.56 Å². The molecule has 1 N–H and O–H groups in total. The minimum atomic E-state index is -2.33. The first-order chi connectivity index (χ1) is 7.06. The largest absolute Gasteiger partial charge is 0.768 e. The van der Waals surface area contributed by atoms with E-state index >= 15 is 0 Å². The predicted octanol–water partition coefficient (Wildman–Crippen LogP) is 1.58. The fraction of sp³-hybridized carbons (Fsp3) is 0.300. The van der Waals surface area contributed by atoms with E-state index in [-0.39, 0.29) is 10.8 Å². The first-order valence-corrected chi connectivity index (χ1v) is 5.62. The second kappa shape index (κ2) is 5.04. The Labute approximate surface area is 91.0 Å². The Morgan fingerprint density at radius 3 is 2.73 bits per heavy atom. The third kappa shape index (κ3) is 2.87. The van der Waals surface area contributed by atoms with Crippen molar-refractivity contribution in [1.29, 1.82) is 0 Å². The Bertz CT molecular complexity index is 404. The Kier molecular flexibility index (Phi) is 3.99. The van der Waals surface area contributed by atoms with Crippen LogP contribution >= 0.6 is 0 Å². The van der Waals surface area contributed by atoms with E-state index < -0.39 is 11.1 Å². The highest BCUT2D eigenvalue weighted by molar-refractivity contribution is 7.79. The zero-order chi connectivity index (χ0) is 11.4. The van der Waals surface area contributed by atoms with Gasteiger partial charge in [-0.05, 0) is 29.6 Å². The first-order valence-electron chi connectivity index (χ1n) is 4.55. The summed E-state index contributed by atoms with van der Waals surface area (Å²) >= 11 is -2.33. The summed E-state index contributed by atoms with van der Waals surface area (Å²) in [5.41, 5.74) is 1.11. The van der Waals surface area contributed by atoms with Crippen LogP contribution in [0.2, 0.25) is 0 Å². The molecule has 0 spiro atoms. The van der Waals surface area contributed by atoms with Crippen LogP contribution < -0.4 is 5.32 Å².